The van der Waals surface area contributed by atoms with Gasteiger partial charge in [-0.1, -0.05) is 18.2 Å². The summed E-state index contributed by atoms with van der Waals surface area (Å²) in [4.78, 5) is 11.0. The van der Waals surface area contributed by atoms with E-state index in [2.05, 4.69) is 10.1 Å². The van der Waals surface area contributed by atoms with Crippen molar-refractivity contribution in [3.63, 3.8) is 0 Å². The molecule has 0 saturated carbocycles. The number of amides is 1. The molecule has 1 fully saturated rings. The summed E-state index contributed by atoms with van der Waals surface area (Å²) in [6.07, 6.45) is 0. The number of benzene rings is 1. The van der Waals surface area contributed by atoms with Crippen LogP contribution >= 0.6 is 11.8 Å². The minimum Gasteiger partial charge on any atom is -0.434 e. The maximum absolute atomic E-state index is 12.1. The van der Waals surface area contributed by atoms with Crippen LogP contribution in [0.15, 0.2) is 24.3 Å². The molecule has 86 valence electrons. The number of thioether (sulfide) groups is 1. The van der Waals surface area contributed by atoms with Crippen LogP contribution in [0.1, 0.15) is 10.9 Å². The molecule has 1 aromatic carbocycles. The van der Waals surface area contributed by atoms with E-state index < -0.39 is 6.61 Å². The summed E-state index contributed by atoms with van der Waals surface area (Å²) >= 11 is 1.36. The first-order valence-corrected chi connectivity index (χ1v) is 5.66. The zero-order valence-electron chi connectivity index (χ0n) is 8.15. The molecule has 3 nitrogen and oxygen atoms in total. The van der Waals surface area contributed by atoms with Gasteiger partial charge in [-0.05, 0) is 6.07 Å². The van der Waals surface area contributed by atoms with Gasteiger partial charge in [-0.15, -0.1) is 11.8 Å². The summed E-state index contributed by atoms with van der Waals surface area (Å²) in [6, 6.07) is 6.47. The first kappa shape index (κ1) is 11.2. The molecule has 0 aromatic heterocycles. The van der Waals surface area contributed by atoms with Crippen molar-refractivity contribution in [3.05, 3.63) is 29.8 Å². The molecule has 0 unspecified atom stereocenters. The smallest absolute Gasteiger partial charge is 0.387 e. The van der Waals surface area contributed by atoms with Crippen molar-refractivity contribution < 1.29 is 18.3 Å². The Bertz CT molecular complexity index is 400. The van der Waals surface area contributed by atoms with Crippen LogP contribution in [0.2, 0.25) is 0 Å². The highest BCUT2D eigenvalue weighted by molar-refractivity contribution is 8.00. The normalized spacial score (nSPS) is 19.9. The molecule has 0 aliphatic carbocycles. The van der Waals surface area contributed by atoms with E-state index in [9.17, 15) is 13.6 Å². The van der Waals surface area contributed by atoms with E-state index in [1.54, 1.807) is 18.2 Å². The second-order valence-corrected chi connectivity index (χ2v) is 4.27. The van der Waals surface area contributed by atoms with Crippen molar-refractivity contribution in [2.45, 2.75) is 12.0 Å². The van der Waals surface area contributed by atoms with Crippen LogP contribution in [0.25, 0.3) is 0 Å². The fourth-order valence-corrected chi connectivity index (χ4v) is 2.45. The lowest BCUT2D eigenvalue weighted by atomic mass is 10.2. The maximum atomic E-state index is 12.1. The molecular weight excluding hydrogens is 236 g/mol. The van der Waals surface area contributed by atoms with Crippen molar-refractivity contribution in [2.75, 3.05) is 5.75 Å². The Morgan fingerprint density at radius 3 is 2.81 bits per heavy atom. The van der Waals surface area contributed by atoms with Gasteiger partial charge in [0.2, 0.25) is 5.91 Å². The molecule has 1 N–H and O–H groups in total. The van der Waals surface area contributed by atoms with Crippen LogP contribution < -0.4 is 10.1 Å². The number of alkyl halides is 2. The summed E-state index contributed by atoms with van der Waals surface area (Å²) in [6.45, 7) is -2.86. The highest BCUT2D eigenvalue weighted by Gasteiger charge is 2.26. The van der Waals surface area contributed by atoms with Gasteiger partial charge in [0.05, 0.1) is 5.75 Å². The molecule has 1 heterocycles. The van der Waals surface area contributed by atoms with E-state index in [1.807, 2.05) is 0 Å². The van der Waals surface area contributed by atoms with Gasteiger partial charge in [-0.3, -0.25) is 4.79 Å². The largest absolute Gasteiger partial charge is 0.434 e. The van der Waals surface area contributed by atoms with Gasteiger partial charge in [-0.25, -0.2) is 0 Å². The standard InChI is InChI=1S/C10H9F2NO2S/c11-10(12)15-7-4-2-1-3-6(7)9-13-8(14)5-16-9/h1-4,9-10H,5H2,(H,13,14)/t9-/m0/s1. The molecule has 1 saturated heterocycles. The number of nitrogens with one attached hydrogen (secondary N) is 1. The van der Waals surface area contributed by atoms with Crippen LogP contribution in [0.5, 0.6) is 5.75 Å². The lowest BCUT2D eigenvalue weighted by Crippen LogP contribution is -2.19. The zero-order chi connectivity index (χ0) is 11.5. The van der Waals surface area contributed by atoms with Crippen LogP contribution in [-0.4, -0.2) is 18.3 Å². The van der Waals surface area contributed by atoms with Crippen molar-refractivity contribution in [1.29, 1.82) is 0 Å². The fraction of sp³-hybridized carbons (Fsp3) is 0.300. The van der Waals surface area contributed by atoms with E-state index >= 15 is 0 Å². The average Bonchev–Trinajstić information content (AvgIpc) is 2.65. The fourth-order valence-electron chi connectivity index (χ4n) is 1.46. The number of rotatable bonds is 3. The molecule has 6 heteroatoms. The number of carbonyl (C=O) groups is 1. The molecule has 1 atom stereocenters. The predicted molar refractivity (Wildman–Crippen MR) is 56.4 cm³/mol. The van der Waals surface area contributed by atoms with Gasteiger partial charge >= 0.3 is 6.61 Å². The molecule has 1 aliphatic heterocycles. The molecule has 1 aromatic rings. The van der Waals surface area contributed by atoms with Crippen LogP contribution in [-0.2, 0) is 4.79 Å². The molecule has 2 rings (SSSR count). The van der Waals surface area contributed by atoms with E-state index in [-0.39, 0.29) is 17.0 Å². The lowest BCUT2D eigenvalue weighted by Gasteiger charge is -2.14. The number of carbonyl (C=O) groups excluding carboxylic acids is 1. The molecule has 1 aliphatic rings. The first-order valence-electron chi connectivity index (χ1n) is 4.61. The monoisotopic (exact) mass is 245 g/mol. The predicted octanol–water partition coefficient (Wildman–Crippen LogP) is 2.15. The highest BCUT2D eigenvalue weighted by atomic mass is 32.2. The van der Waals surface area contributed by atoms with Gasteiger partial charge in [0.1, 0.15) is 11.1 Å². The van der Waals surface area contributed by atoms with Gasteiger partial charge in [0, 0.05) is 5.56 Å². The molecular formula is C10H9F2NO2S. The third-order valence-corrected chi connectivity index (χ3v) is 3.22. The molecule has 1 amide bonds. The number of ether oxygens (including phenoxy) is 1. The van der Waals surface area contributed by atoms with Gasteiger partial charge in [0.15, 0.2) is 0 Å². The third kappa shape index (κ3) is 2.44. The second-order valence-electron chi connectivity index (χ2n) is 3.17. The van der Waals surface area contributed by atoms with Crippen molar-refractivity contribution in [1.82, 2.24) is 5.32 Å². The Labute approximate surface area is 95.2 Å². The number of hydrogen-bond donors (Lipinski definition) is 1. The minimum absolute atomic E-state index is 0.0955. The minimum atomic E-state index is -2.86. The van der Waals surface area contributed by atoms with Crippen molar-refractivity contribution >= 4 is 17.7 Å². The Balaban J connectivity index is 2.22. The first-order chi connectivity index (χ1) is 7.66. The van der Waals surface area contributed by atoms with E-state index in [1.165, 1.54) is 17.8 Å². The molecule has 0 radical (unpaired) electrons. The van der Waals surface area contributed by atoms with E-state index in [0.29, 0.717) is 11.3 Å². The lowest BCUT2D eigenvalue weighted by molar-refractivity contribution is -0.118. The maximum Gasteiger partial charge on any atom is 0.387 e. The van der Waals surface area contributed by atoms with Gasteiger partial charge < -0.3 is 10.1 Å². The van der Waals surface area contributed by atoms with Gasteiger partial charge in [-0.2, -0.15) is 8.78 Å². The SMILES string of the molecule is O=C1CS[C@@H](c2ccccc2OC(F)F)N1. The molecule has 0 bridgehead atoms. The summed E-state index contributed by atoms with van der Waals surface area (Å²) in [5.41, 5.74) is 0.568. The Morgan fingerprint density at radius 2 is 2.19 bits per heavy atom. The topological polar surface area (TPSA) is 38.3 Å². The van der Waals surface area contributed by atoms with Crippen molar-refractivity contribution in [2.24, 2.45) is 0 Å². The van der Waals surface area contributed by atoms with Gasteiger partial charge in [0.25, 0.3) is 0 Å². The quantitative estimate of drug-likeness (QED) is 0.886. The summed E-state index contributed by atoms with van der Waals surface area (Å²) in [7, 11) is 0. The zero-order valence-corrected chi connectivity index (χ0v) is 8.97. The van der Waals surface area contributed by atoms with Crippen LogP contribution in [0.3, 0.4) is 0 Å². The summed E-state index contributed by atoms with van der Waals surface area (Å²) in [5, 5.41) is 2.38. The number of para-hydroxylation sites is 1. The third-order valence-electron chi connectivity index (χ3n) is 2.09. The van der Waals surface area contributed by atoms with Crippen LogP contribution in [0.4, 0.5) is 8.78 Å². The number of hydrogen-bond acceptors (Lipinski definition) is 3. The Kier molecular flexibility index (Phi) is 3.28. The Hall–Kier alpha value is -1.30. The number of halogens is 2. The van der Waals surface area contributed by atoms with Crippen molar-refractivity contribution in [3.8, 4) is 5.75 Å². The summed E-state index contributed by atoms with van der Waals surface area (Å²) < 4.78 is 28.7. The molecule has 0 spiro atoms. The summed E-state index contributed by atoms with van der Waals surface area (Å²) in [5.74, 6) is 0.354. The van der Waals surface area contributed by atoms with E-state index in [0.717, 1.165) is 0 Å². The average molecular weight is 245 g/mol. The second kappa shape index (κ2) is 4.69. The molecule has 16 heavy (non-hydrogen) atoms. The highest BCUT2D eigenvalue weighted by Crippen LogP contribution is 2.36. The van der Waals surface area contributed by atoms with Crippen LogP contribution in [0, 0.1) is 0 Å². The Morgan fingerprint density at radius 1 is 1.44 bits per heavy atom. The van der Waals surface area contributed by atoms with E-state index in [4.69, 9.17) is 0 Å².